The van der Waals surface area contributed by atoms with Crippen molar-refractivity contribution in [2.45, 2.75) is 13.5 Å². The zero-order chi connectivity index (χ0) is 14.1. The summed E-state index contributed by atoms with van der Waals surface area (Å²) in [6.07, 6.45) is 1.72. The molecule has 1 aromatic heterocycles. The van der Waals surface area contributed by atoms with Crippen molar-refractivity contribution in [2.24, 2.45) is 0 Å². The molecule has 0 bridgehead atoms. The van der Waals surface area contributed by atoms with Crippen LogP contribution in [0, 0.1) is 6.92 Å². The standard InChI is InChI=1S/C17H16N2O/c1-12-9-17(20)19(11-16(12)18)10-14-7-4-6-13-5-2-3-8-15(13)14/h2-9,11H,10,18H2,1H3. The summed E-state index contributed by atoms with van der Waals surface area (Å²) >= 11 is 0. The molecule has 0 atom stereocenters. The van der Waals surface area contributed by atoms with Gasteiger partial charge in [-0.3, -0.25) is 4.79 Å². The maximum Gasteiger partial charge on any atom is 0.251 e. The average Bonchev–Trinajstić information content (AvgIpc) is 2.45. The van der Waals surface area contributed by atoms with Gasteiger partial charge in [0.15, 0.2) is 0 Å². The summed E-state index contributed by atoms with van der Waals surface area (Å²) in [5, 5.41) is 2.35. The fraction of sp³-hybridized carbons (Fsp3) is 0.118. The van der Waals surface area contributed by atoms with E-state index in [4.69, 9.17) is 5.73 Å². The Kier molecular flexibility index (Phi) is 3.03. The molecule has 0 saturated heterocycles. The Morgan fingerprint density at radius 1 is 1.10 bits per heavy atom. The van der Waals surface area contributed by atoms with Crippen LogP contribution in [0.1, 0.15) is 11.1 Å². The highest BCUT2D eigenvalue weighted by molar-refractivity contribution is 5.85. The lowest BCUT2D eigenvalue weighted by Crippen LogP contribution is -2.20. The van der Waals surface area contributed by atoms with Gasteiger partial charge in [0.2, 0.25) is 0 Å². The normalized spacial score (nSPS) is 10.8. The van der Waals surface area contributed by atoms with Gasteiger partial charge in [-0.25, -0.2) is 0 Å². The van der Waals surface area contributed by atoms with Crippen LogP contribution in [0.3, 0.4) is 0 Å². The van der Waals surface area contributed by atoms with E-state index in [0.717, 1.165) is 11.1 Å². The van der Waals surface area contributed by atoms with Crippen molar-refractivity contribution in [2.75, 3.05) is 5.73 Å². The van der Waals surface area contributed by atoms with Gasteiger partial charge in [-0.05, 0) is 28.8 Å². The summed E-state index contributed by atoms with van der Waals surface area (Å²) < 4.78 is 1.66. The molecule has 3 nitrogen and oxygen atoms in total. The number of hydrogen-bond acceptors (Lipinski definition) is 2. The number of aryl methyl sites for hydroxylation is 1. The second-order valence-corrected chi connectivity index (χ2v) is 5.02. The molecule has 2 aromatic carbocycles. The molecule has 0 aliphatic rings. The first-order valence-corrected chi connectivity index (χ1v) is 6.58. The van der Waals surface area contributed by atoms with E-state index in [9.17, 15) is 4.79 Å². The van der Waals surface area contributed by atoms with Crippen LogP contribution >= 0.6 is 0 Å². The molecule has 0 aliphatic heterocycles. The number of aromatic nitrogens is 1. The number of anilines is 1. The van der Waals surface area contributed by atoms with Crippen LogP contribution in [-0.4, -0.2) is 4.57 Å². The lowest BCUT2D eigenvalue weighted by Gasteiger charge is -2.10. The van der Waals surface area contributed by atoms with Gasteiger partial charge in [0, 0.05) is 12.3 Å². The molecule has 3 aromatic rings. The number of pyridine rings is 1. The van der Waals surface area contributed by atoms with E-state index in [1.54, 1.807) is 16.8 Å². The van der Waals surface area contributed by atoms with E-state index in [1.165, 1.54) is 10.8 Å². The Bertz CT molecular complexity index is 829. The Morgan fingerprint density at radius 3 is 2.70 bits per heavy atom. The monoisotopic (exact) mass is 264 g/mol. The van der Waals surface area contributed by atoms with Crippen LogP contribution in [0.4, 0.5) is 5.69 Å². The molecule has 1 heterocycles. The predicted molar refractivity (Wildman–Crippen MR) is 82.9 cm³/mol. The van der Waals surface area contributed by atoms with Crippen molar-refractivity contribution in [3.05, 3.63) is 76.2 Å². The zero-order valence-corrected chi connectivity index (χ0v) is 11.3. The van der Waals surface area contributed by atoms with Crippen LogP contribution in [0.2, 0.25) is 0 Å². The van der Waals surface area contributed by atoms with Gasteiger partial charge in [0.1, 0.15) is 0 Å². The van der Waals surface area contributed by atoms with Crippen molar-refractivity contribution >= 4 is 16.5 Å². The van der Waals surface area contributed by atoms with E-state index >= 15 is 0 Å². The summed E-state index contributed by atoms with van der Waals surface area (Å²) in [7, 11) is 0. The zero-order valence-electron chi connectivity index (χ0n) is 11.3. The molecule has 100 valence electrons. The van der Waals surface area contributed by atoms with Gasteiger partial charge in [0.05, 0.1) is 12.2 Å². The molecular weight excluding hydrogens is 248 g/mol. The highest BCUT2D eigenvalue weighted by Gasteiger charge is 2.04. The first-order valence-electron chi connectivity index (χ1n) is 6.58. The lowest BCUT2D eigenvalue weighted by molar-refractivity contribution is 0.764. The first kappa shape index (κ1) is 12.5. The van der Waals surface area contributed by atoms with Gasteiger partial charge < -0.3 is 10.3 Å². The minimum Gasteiger partial charge on any atom is -0.397 e. The SMILES string of the molecule is Cc1cc(=O)n(Cc2cccc3ccccc23)cc1N. The summed E-state index contributed by atoms with van der Waals surface area (Å²) in [6.45, 7) is 2.38. The number of nitrogens with two attached hydrogens (primary N) is 1. The van der Waals surface area contributed by atoms with E-state index in [1.807, 2.05) is 31.2 Å². The molecule has 0 unspecified atom stereocenters. The molecule has 2 N–H and O–H groups in total. The molecule has 0 aliphatic carbocycles. The van der Waals surface area contributed by atoms with Crippen molar-refractivity contribution in [1.29, 1.82) is 0 Å². The molecule has 3 rings (SSSR count). The molecule has 0 spiro atoms. The third kappa shape index (κ3) is 2.18. The number of fused-ring (bicyclic) bond motifs is 1. The van der Waals surface area contributed by atoms with Gasteiger partial charge >= 0.3 is 0 Å². The number of nitrogen functional groups attached to an aromatic ring is 1. The fourth-order valence-corrected chi connectivity index (χ4v) is 2.42. The minimum atomic E-state index is -0.0235. The Hall–Kier alpha value is -2.55. The second-order valence-electron chi connectivity index (χ2n) is 5.02. The maximum atomic E-state index is 12.0. The van der Waals surface area contributed by atoms with E-state index < -0.39 is 0 Å². The summed E-state index contributed by atoms with van der Waals surface area (Å²) in [5.74, 6) is 0. The first-order chi connectivity index (χ1) is 9.65. The van der Waals surface area contributed by atoms with Crippen LogP contribution in [0.25, 0.3) is 10.8 Å². The predicted octanol–water partition coefficient (Wildman–Crippen LogP) is 2.94. The van der Waals surface area contributed by atoms with Crippen LogP contribution < -0.4 is 11.3 Å². The highest BCUT2D eigenvalue weighted by atomic mass is 16.1. The van der Waals surface area contributed by atoms with Crippen molar-refractivity contribution in [3.63, 3.8) is 0 Å². The Balaban J connectivity index is 2.10. The molecule has 0 amide bonds. The topological polar surface area (TPSA) is 48.0 Å². The lowest BCUT2D eigenvalue weighted by atomic mass is 10.0. The van der Waals surface area contributed by atoms with Gasteiger partial charge in [-0.15, -0.1) is 0 Å². The van der Waals surface area contributed by atoms with E-state index in [-0.39, 0.29) is 5.56 Å². The van der Waals surface area contributed by atoms with Crippen LogP contribution in [-0.2, 0) is 6.54 Å². The average molecular weight is 264 g/mol. The minimum absolute atomic E-state index is 0.0235. The number of rotatable bonds is 2. The van der Waals surface area contributed by atoms with Crippen LogP contribution in [0.15, 0.2) is 59.5 Å². The summed E-state index contributed by atoms with van der Waals surface area (Å²) in [6, 6.07) is 15.9. The van der Waals surface area contributed by atoms with Gasteiger partial charge in [-0.2, -0.15) is 0 Å². The van der Waals surface area contributed by atoms with Crippen molar-refractivity contribution in [3.8, 4) is 0 Å². The van der Waals surface area contributed by atoms with Crippen LogP contribution in [0.5, 0.6) is 0 Å². The Labute approximate surface area is 117 Å². The molecule has 0 fully saturated rings. The third-order valence-electron chi connectivity index (χ3n) is 3.59. The number of hydrogen-bond donors (Lipinski definition) is 1. The van der Waals surface area contributed by atoms with E-state index in [0.29, 0.717) is 12.2 Å². The second kappa shape index (κ2) is 4.85. The van der Waals surface area contributed by atoms with Crippen molar-refractivity contribution in [1.82, 2.24) is 4.57 Å². The van der Waals surface area contributed by atoms with E-state index in [2.05, 4.69) is 18.2 Å². The summed E-state index contributed by atoms with van der Waals surface area (Å²) in [5.41, 5.74) is 8.46. The molecule has 3 heteroatoms. The maximum absolute atomic E-state index is 12.0. The molecule has 20 heavy (non-hydrogen) atoms. The smallest absolute Gasteiger partial charge is 0.251 e. The number of nitrogens with zero attached hydrogens (tertiary/aromatic N) is 1. The molecule has 0 radical (unpaired) electrons. The highest BCUT2D eigenvalue weighted by Crippen LogP contribution is 2.19. The fourth-order valence-electron chi connectivity index (χ4n) is 2.42. The van der Waals surface area contributed by atoms with Gasteiger partial charge in [0.25, 0.3) is 5.56 Å². The molecule has 0 saturated carbocycles. The summed E-state index contributed by atoms with van der Waals surface area (Å²) in [4.78, 5) is 12.0. The van der Waals surface area contributed by atoms with Crippen molar-refractivity contribution < 1.29 is 0 Å². The van der Waals surface area contributed by atoms with Gasteiger partial charge in [-0.1, -0.05) is 42.5 Å². The molecular formula is C17H16N2O. The third-order valence-corrected chi connectivity index (χ3v) is 3.59. The quantitative estimate of drug-likeness (QED) is 0.773. The number of benzene rings is 2. The largest absolute Gasteiger partial charge is 0.397 e. The Morgan fingerprint density at radius 2 is 1.85 bits per heavy atom.